The van der Waals surface area contributed by atoms with Crippen LogP contribution in [-0.2, 0) is 9.59 Å². The molecule has 0 fully saturated rings. The van der Waals surface area contributed by atoms with E-state index in [-0.39, 0.29) is 5.75 Å². The molecule has 0 radical (unpaired) electrons. The highest BCUT2D eigenvalue weighted by Crippen LogP contribution is 2.21. The van der Waals surface area contributed by atoms with Crippen molar-refractivity contribution >= 4 is 34.0 Å². The van der Waals surface area contributed by atoms with E-state index >= 15 is 0 Å². The lowest BCUT2D eigenvalue weighted by atomic mass is 10.3. The molecule has 0 atom stereocenters. The average Bonchev–Trinajstić information content (AvgIpc) is 2.68. The van der Waals surface area contributed by atoms with E-state index in [1.807, 2.05) is 13.8 Å². The summed E-state index contributed by atoms with van der Waals surface area (Å²) >= 11 is 1.31. The predicted molar refractivity (Wildman–Crippen MR) is 77.0 cm³/mol. The molecule has 0 spiro atoms. The molecule has 2 amide bonds. The third-order valence-electron chi connectivity index (χ3n) is 2.56. The number of carbonyl (C=O) groups excluding carboxylic acids is 2. The van der Waals surface area contributed by atoms with Crippen LogP contribution in [0.4, 0.5) is 10.8 Å². The lowest BCUT2D eigenvalue weighted by Gasteiger charge is -2.04. The zero-order valence-corrected chi connectivity index (χ0v) is 11.7. The Labute approximate surface area is 119 Å². The fourth-order valence-electron chi connectivity index (χ4n) is 1.45. The molecule has 0 aliphatic heterocycles. The molecule has 0 unspecified atom stereocenters. The van der Waals surface area contributed by atoms with Crippen LogP contribution >= 0.6 is 11.3 Å². The van der Waals surface area contributed by atoms with Crippen LogP contribution in [0.1, 0.15) is 10.6 Å². The highest BCUT2D eigenvalue weighted by molar-refractivity contribution is 7.15. The zero-order chi connectivity index (χ0) is 14.7. The molecule has 2 rings (SSSR count). The van der Waals surface area contributed by atoms with Gasteiger partial charge in [0.2, 0.25) is 0 Å². The Balaban J connectivity index is 2.00. The third-order valence-corrected chi connectivity index (χ3v) is 3.55. The SMILES string of the molecule is Cc1nc(NC(=O)C(=O)Nc2cccc(O)c2)sc1C. The summed E-state index contributed by atoms with van der Waals surface area (Å²) in [5, 5.41) is 14.5. The fraction of sp³-hybridized carbons (Fsp3) is 0.154. The topological polar surface area (TPSA) is 91.3 Å². The number of aryl methyl sites for hydroxylation is 2. The van der Waals surface area contributed by atoms with Crippen LogP contribution in [-0.4, -0.2) is 21.9 Å². The molecule has 2 aromatic rings. The van der Waals surface area contributed by atoms with Crippen molar-refractivity contribution in [2.24, 2.45) is 0 Å². The van der Waals surface area contributed by atoms with Crippen molar-refractivity contribution in [3.05, 3.63) is 34.8 Å². The molecule has 1 aromatic carbocycles. The Morgan fingerprint density at radius 1 is 1.20 bits per heavy atom. The number of carbonyl (C=O) groups is 2. The largest absolute Gasteiger partial charge is 0.508 e. The first kappa shape index (κ1) is 14.0. The summed E-state index contributed by atoms with van der Waals surface area (Å²) in [5.74, 6) is -1.61. The third kappa shape index (κ3) is 3.33. The number of rotatable bonds is 2. The van der Waals surface area contributed by atoms with Crippen LogP contribution in [0.3, 0.4) is 0 Å². The molecule has 104 valence electrons. The number of aromatic nitrogens is 1. The first-order chi connectivity index (χ1) is 9.45. The van der Waals surface area contributed by atoms with Crippen molar-refractivity contribution in [3.63, 3.8) is 0 Å². The second-order valence-electron chi connectivity index (χ2n) is 4.12. The summed E-state index contributed by atoms with van der Waals surface area (Å²) < 4.78 is 0. The molecule has 0 saturated carbocycles. The molecule has 3 N–H and O–H groups in total. The van der Waals surface area contributed by atoms with Gasteiger partial charge in [-0.2, -0.15) is 0 Å². The minimum atomic E-state index is -0.818. The van der Waals surface area contributed by atoms with Gasteiger partial charge in [-0.25, -0.2) is 4.98 Å². The standard InChI is InChI=1S/C13H13N3O3S/c1-7-8(2)20-13(14-7)16-12(19)11(18)15-9-4-3-5-10(17)6-9/h3-6,17H,1-2H3,(H,15,18)(H,14,16,19). The van der Waals surface area contributed by atoms with Crippen molar-refractivity contribution in [3.8, 4) is 5.75 Å². The van der Waals surface area contributed by atoms with E-state index in [1.54, 1.807) is 12.1 Å². The van der Waals surface area contributed by atoms with Crippen LogP contribution in [0.15, 0.2) is 24.3 Å². The number of benzene rings is 1. The smallest absolute Gasteiger partial charge is 0.315 e. The number of phenolic OH excluding ortho intramolecular Hbond substituents is 1. The van der Waals surface area contributed by atoms with E-state index in [1.165, 1.54) is 23.5 Å². The summed E-state index contributed by atoms with van der Waals surface area (Å²) in [7, 11) is 0. The molecular weight excluding hydrogens is 278 g/mol. The van der Waals surface area contributed by atoms with E-state index in [2.05, 4.69) is 15.6 Å². The van der Waals surface area contributed by atoms with Gasteiger partial charge in [0.1, 0.15) is 5.75 Å². The van der Waals surface area contributed by atoms with Gasteiger partial charge < -0.3 is 10.4 Å². The minimum absolute atomic E-state index is 0.00869. The molecule has 6 nitrogen and oxygen atoms in total. The lowest BCUT2D eigenvalue weighted by Crippen LogP contribution is -2.29. The van der Waals surface area contributed by atoms with Gasteiger partial charge >= 0.3 is 11.8 Å². The van der Waals surface area contributed by atoms with Crippen LogP contribution in [0.2, 0.25) is 0 Å². The first-order valence-corrected chi connectivity index (χ1v) is 6.63. The van der Waals surface area contributed by atoms with Gasteiger partial charge in [-0.05, 0) is 26.0 Å². The number of hydrogen-bond donors (Lipinski definition) is 3. The summed E-state index contributed by atoms with van der Waals surface area (Å²) in [4.78, 5) is 28.5. The maximum Gasteiger partial charge on any atom is 0.315 e. The van der Waals surface area contributed by atoms with E-state index in [0.717, 1.165) is 10.6 Å². The second-order valence-corrected chi connectivity index (χ2v) is 5.32. The van der Waals surface area contributed by atoms with Gasteiger partial charge in [-0.1, -0.05) is 6.07 Å². The van der Waals surface area contributed by atoms with Gasteiger partial charge in [0, 0.05) is 16.6 Å². The van der Waals surface area contributed by atoms with E-state index in [9.17, 15) is 14.7 Å². The van der Waals surface area contributed by atoms with Gasteiger partial charge in [-0.3, -0.25) is 14.9 Å². The minimum Gasteiger partial charge on any atom is -0.508 e. The number of aromatic hydroxyl groups is 1. The number of hydrogen-bond acceptors (Lipinski definition) is 5. The average molecular weight is 291 g/mol. The predicted octanol–water partition coefficient (Wildman–Crippen LogP) is 2.04. The summed E-state index contributed by atoms with van der Waals surface area (Å²) in [6.45, 7) is 3.71. The molecular formula is C13H13N3O3S. The van der Waals surface area contributed by atoms with Crippen molar-refractivity contribution < 1.29 is 14.7 Å². The van der Waals surface area contributed by atoms with Crippen LogP contribution in [0, 0.1) is 13.8 Å². The molecule has 20 heavy (non-hydrogen) atoms. The van der Waals surface area contributed by atoms with Gasteiger partial charge in [0.25, 0.3) is 0 Å². The van der Waals surface area contributed by atoms with E-state index in [4.69, 9.17) is 0 Å². The van der Waals surface area contributed by atoms with Crippen molar-refractivity contribution in [1.29, 1.82) is 0 Å². The number of thiazole rings is 1. The van der Waals surface area contributed by atoms with E-state index in [0.29, 0.717) is 10.8 Å². The van der Waals surface area contributed by atoms with E-state index < -0.39 is 11.8 Å². The normalized spacial score (nSPS) is 10.1. The maximum absolute atomic E-state index is 11.7. The Hall–Kier alpha value is -2.41. The van der Waals surface area contributed by atoms with Gasteiger partial charge in [0.15, 0.2) is 5.13 Å². The highest BCUT2D eigenvalue weighted by Gasteiger charge is 2.16. The van der Waals surface area contributed by atoms with Crippen LogP contribution in [0.25, 0.3) is 0 Å². The summed E-state index contributed by atoms with van der Waals surface area (Å²) in [6, 6.07) is 5.96. The van der Waals surface area contributed by atoms with Crippen LogP contribution in [0.5, 0.6) is 5.75 Å². The summed E-state index contributed by atoms with van der Waals surface area (Å²) in [6.07, 6.45) is 0. The van der Waals surface area contributed by atoms with Gasteiger partial charge in [-0.15, -0.1) is 11.3 Å². The second kappa shape index (κ2) is 5.70. The molecule has 0 aliphatic rings. The van der Waals surface area contributed by atoms with Crippen molar-refractivity contribution in [2.45, 2.75) is 13.8 Å². The molecule has 1 heterocycles. The zero-order valence-electron chi connectivity index (χ0n) is 10.9. The number of nitrogens with one attached hydrogen (secondary N) is 2. The maximum atomic E-state index is 11.7. The quantitative estimate of drug-likeness (QED) is 0.738. The van der Waals surface area contributed by atoms with Crippen molar-refractivity contribution in [2.75, 3.05) is 10.6 Å². The Morgan fingerprint density at radius 3 is 2.50 bits per heavy atom. The molecule has 7 heteroatoms. The Kier molecular flexibility index (Phi) is 3.99. The Bertz CT molecular complexity index is 647. The number of phenols is 1. The fourth-order valence-corrected chi connectivity index (χ4v) is 2.26. The van der Waals surface area contributed by atoms with Gasteiger partial charge in [0.05, 0.1) is 5.69 Å². The van der Waals surface area contributed by atoms with Crippen molar-refractivity contribution in [1.82, 2.24) is 4.98 Å². The molecule has 0 saturated heterocycles. The van der Waals surface area contributed by atoms with Crippen LogP contribution < -0.4 is 10.6 Å². The number of amides is 2. The molecule has 0 bridgehead atoms. The molecule has 0 aliphatic carbocycles. The summed E-state index contributed by atoms with van der Waals surface area (Å²) in [5.41, 5.74) is 1.16. The molecule has 1 aromatic heterocycles. The number of anilines is 2. The highest BCUT2D eigenvalue weighted by atomic mass is 32.1. The first-order valence-electron chi connectivity index (χ1n) is 5.81. The monoisotopic (exact) mass is 291 g/mol. The lowest BCUT2D eigenvalue weighted by molar-refractivity contribution is -0.133. The Morgan fingerprint density at radius 2 is 1.90 bits per heavy atom. The number of nitrogens with zero attached hydrogens (tertiary/aromatic N) is 1.